The third-order valence-electron chi connectivity index (χ3n) is 0.366. The summed E-state index contributed by atoms with van der Waals surface area (Å²) in [6.45, 7) is 4.86. The molecule has 0 bridgehead atoms. The van der Waals surface area contributed by atoms with Gasteiger partial charge in [0.15, 0.2) is 0 Å². The van der Waals surface area contributed by atoms with Crippen molar-refractivity contribution in [1.29, 1.82) is 0 Å². The Labute approximate surface area is 47.9 Å². The van der Waals surface area contributed by atoms with Gasteiger partial charge in [-0.2, -0.15) is 0 Å². The van der Waals surface area contributed by atoms with Gasteiger partial charge in [-0.25, -0.2) is 0 Å². The van der Waals surface area contributed by atoms with Crippen LogP contribution in [0.3, 0.4) is 0 Å². The number of hydrogen-bond donors (Lipinski definition) is 1. The van der Waals surface area contributed by atoms with Gasteiger partial charge in [-0.05, 0) is 13.0 Å². The summed E-state index contributed by atoms with van der Waals surface area (Å²) >= 11 is 5.24. The largest absolute Gasteiger partial charge is 0.513 e. The lowest BCUT2D eigenvalue weighted by atomic mass is 10.5. The Morgan fingerprint density at radius 2 is 2.29 bits per heavy atom. The summed E-state index contributed by atoms with van der Waals surface area (Å²) in [4.78, 5) is 0. The first-order valence-electron chi connectivity index (χ1n) is 1.84. The van der Waals surface area contributed by atoms with E-state index < -0.39 is 0 Å². The van der Waals surface area contributed by atoms with E-state index in [9.17, 15) is 0 Å². The third-order valence-corrected chi connectivity index (χ3v) is 0.475. The summed E-state index contributed by atoms with van der Waals surface area (Å²) < 4.78 is 0. The van der Waals surface area contributed by atoms with E-state index in [-0.39, 0.29) is 5.76 Å². The molecule has 0 aromatic rings. The maximum atomic E-state index is 8.44. The van der Waals surface area contributed by atoms with Crippen molar-refractivity contribution in [3.63, 3.8) is 0 Å². The van der Waals surface area contributed by atoms with Crippen LogP contribution in [0.2, 0.25) is 0 Å². The average molecular weight is 119 g/mol. The van der Waals surface area contributed by atoms with Crippen molar-refractivity contribution in [3.8, 4) is 0 Å². The lowest BCUT2D eigenvalue weighted by Gasteiger charge is -1.83. The first-order chi connectivity index (χ1) is 3.13. The molecule has 0 atom stereocenters. The number of hydrogen-bond acceptors (Lipinski definition) is 1. The van der Waals surface area contributed by atoms with Gasteiger partial charge in [-0.1, -0.05) is 18.2 Å². The molecule has 0 radical (unpaired) electrons. The van der Waals surface area contributed by atoms with Gasteiger partial charge >= 0.3 is 0 Å². The number of rotatable bonds is 1. The Balaban J connectivity index is 3.68. The maximum absolute atomic E-state index is 8.44. The Morgan fingerprint density at radius 1 is 1.86 bits per heavy atom. The SMILES string of the molecule is C=C(Cl)/C=C(\C)O. The monoisotopic (exact) mass is 118 g/mol. The molecular formula is C5H7ClO. The molecule has 2 heteroatoms. The molecule has 0 fully saturated rings. The summed E-state index contributed by atoms with van der Waals surface area (Å²) in [7, 11) is 0. The van der Waals surface area contributed by atoms with Crippen molar-refractivity contribution < 1.29 is 5.11 Å². The minimum absolute atomic E-state index is 0.181. The van der Waals surface area contributed by atoms with Crippen LogP contribution >= 0.6 is 11.6 Å². The minimum atomic E-state index is 0.181. The van der Waals surface area contributed by atoms with Crippen LogP contribution in [0, 0.1) is 0 Å². The quantitative estimate of drug-likeness (QED) is 0.414. The van der Waals surface area contributed by atoms with Crippen LogP contribution in [0.4, 0.5) is 0 Å². The van der Waals surface area contributed by atoms with Gasteiger partial charge in [0.05, 0.1) is 5.76 Å². The van der Waals surface area contributed by atoms with Crippen LogP contribution in [0.25, 0.3) is 0 Å². The van der Waals surface area contributed by atoms with Crippen LogP contribution in [-0.4, -0.2) is 5.11 Å². The lowest BCUT2D eigenvalue weighted by molar-refractivity contribution is 0.414. The second kappa shape index (κ2) is 2.69. The fourth-order valence-electron chi connectivity index (χ4n) is 0.227. The molecule has 0 heterocycles. The van der Waals surface area contributed by atoms with Crippen molar-refractivity contribution in [1.82, 2.24) is 0 Å². The van der Waals surface area contributed by atoms with Crippen LogP contribution in [0.15, 0.2) is 23.4 Å². The van der Waals surface area contributed by atoms with E-state index >= 15 is 0 Å². The van der Waals surface area contributed by atoms with Gasteiger partial charge in [-0.3, -0.25) is 0 Å². The van der Waals surface area contributed by atoms with E-state index in [0.29, 0.717) is 5.03 Å². The highest BCUT2D eigenvalue weighted by Gasteiger charge is 1.78. The third kappa shape index (κ3) is 5.57. The van der Waals surface area contributed by atoms with Gasteiger partial charge in [0.2, 0.25) is 0 Å². The number of halogens is 1. The van der Waals surface area contributed by atoms with Crippen molar-refractivity contribution in [2.24, 2.45) is 0 Å². The van der Waals surface area contributed by atoms with E-state index in [2.05, 4.69) is 6.58 Å². The highest BCUT2D eigenvalue weighted by atomic mass is 35.5. The molecule has 0 aromatic carbocycles. The molecule has 40 valence electrons. The molecule has 0 rings (SSSR count). The fraction of sp³-hybridized carbons (Fsp3) is 0.200. The zero-order chi connectivity index (χ0) is 5.86. The molecule has 0 aromatic heterocycles. The maximum Gasteiger partial charge on any atom is 0.0906 e. The Morgan fingerprint density at radius 3 is 2.29 bits per heavy atom. The molecule has 0 saturated heterocycles. The zero-order valence-electron chi connectivity index (χ0n) is 4.11. The highest BCUT2D eigenvalue weighted by molar-refractivity contribution is 6.30. The molecule has 0 aliphatic rings. The number of allylic oxidation sites excluding steroid dienone is 3. The molecule has 7 heavy (non-hydrogen) atoms. The number of aliphatic hydroxyl groups excluding tert-OH is 1. The van der Waals surface area contributed by atoms with Gasteiger partial charge in [0.25, 0.3) is 0 Å². The van der Waals surface area contributed by atoms with E-state index in [1.807, 2.05) is 0 Å². The van der Waals surface area contributed by atoms with Crippen molar-refractivity contribution >= 4 is 11.6 Å². The summed E-state index contributed by atoms with van der Waals surface area (Å²) in [6.07, 6.45) is 1.38. The summed E-state index contributed by atoms with van der Waals surface area (Å²) in [6, 6.07) is 0. The molecule has 1 nitrogen and oxygen atoms in total. The molecular weight excluding hydrogens is 112 g/mol. The zero-order valence-corrected chi connectivity index (χ0v) is 4.87. The number of aliphatic hydroxyl groups is 1. The van der Waals surface area contributed by atoms with Crippen LogP contribution < -0.4 is 0 Å². The molecule has 0 saturated carbocycles. The molecule has 0 unspecified atom stereocenters. The topological polar surface area (TPSA) is 20.2 Å². The normalized spacial score (nSPS) is 11.4. The molecule has 0 amide bonds. The predicted molar refractivity (Wildman–Crippen MR) is 31.4 cm³/mol. The standard InChI is InChI=1S/C5H7ClO/c1-4(6)3-5(2)7/h3,7H,1H2,2H3/b5-3+. The first kappa shape index (κ1) is 6.57. The second-order valence-corrected chi connectivity index (χ2v) is 1.72. The second-order valence-electron chi connectivity index (χ2n) is 1.23. The molecule has 0 aliphatic carbocycles. The van der Waals surface area contributed by atoms with E-state index in [1.165, 1.54) is 13.0 Å². The van der Waals surface area contributed by atoms with Crippen LogP contribution in [0.1, 0.15) is 6.92 Å². The van der Waals surface area contributed by atoms with Crippen LogP contribution in [0.5, 0.6) is 0 Å². The first-order valence-corrected chi connectivity index (χ1v) is 2.22. The summed E-state index contributed by atoms with van der Waals surface area (Å²) in [5, 5.41) is 8.79. The highest BCUT2D eigenvalue weighted by Crippen LogP contribution is 2.00. The van der Waals surface area contributed by atoms with Crippen molar-refractivity contribution in [2.45, 2.75) is 6.92 Å². The van der Waals surface area contributed by atoms with Crippen LogP contribution in [-0.2, 0) is 0 Å². The van der Waals surface area contributed by atoms with Gasteiger partial charge in [0, 0.05) is 5.03 Å². The lowest BCUT2D eigenvalue weighted by Crippen LogP contribution is -1.66. The van der Waals surface area contributed by atoms with E-state index in [0.717, 1.165) is 0 Å². The minimum Gasteiger partial charge on any atom is -0.513 e. The Kier molecular flexibility index (Phi) is 2.53. The van der Waals surface area contributed by atoms with Gasteiger partial charge < -0.3 is 5.11 Å². The van der Waals surface area contributed by atoms with Crippen molar-refractivity contribution in [2.75, 3.05) is 0 Å². The van der Waals surface area contributed by atoms with Crippen molar-refractivity contribution in [3.05, 3.63) is 23.4 Å². The smallest absolute Gasteiger partial charge is 0.0906 e. The van der Waals surface area contributed by atoms with Gasteiger partial charge in [0.1, 0.15) is 0 Å². The molecule has 0 aliphatic heterocycles. The average Bonchev–Trinajstić information content (AvgIpc) is 1.27. The van der Waals surface area contributed by atoms with E-state index in [1.54, 1.807) is 0 Å². The predicted octanol–water partition coefficient (Wildman–Crippen LogP) is 2.20. The van der Waals surface area contributed by atoms with Gasteiger partial charge in [-0.15, -0.1) is 0 Å². The van der Waals surface area contributed by atoms with E-state index in [4.69, 9.17) is 16.7 Å². The Hall–Kier alpha value is -0.430. The molecule has 1 N–H and O–H groups in total. The molecule has 0 spiro atoms. The summed E-state index contributed by atoms with van der Waals surface area (Å²) in [5.41, 5.74) is 0. The summed E-state index contributed by atoms with van der Waals surface area (Å²) in [5.74, 6) is 0.181. The fourth-order valence-corrected chi connectivity index (χ4v) is 0.385. The Bertz CT molecular complexity index is 101.